The van der Waals surface area contributed by atoms with Gasteiger partial charge in [-0.15, -0.1) is 0 Å². The molecule has 0 aromatic carbocycles. The van der Waals surface area contributed by atoms with Crippen LogP contribution in [0.3, 0.4) is 0 Å². The van der Waals surface area contributed by atoms with Crippen LogP contribution in [-0.4, -0.2) is 33.9 Å². The second kappa shape index (κ2) is 4.75. The highest BCUT2D eigenvalue weighted by molar-refractivity contribution is 7.89. The highest BCUT2D eigenvalue weighted by Gasteiger charge is 2.38. The maximum Gasteiger partial charge on any atom is 0.246 e. The van der Waals surface area contributed by atoms with Gasteiger partial charge in [-0.25, -0.2) is 8.42 Å². The number of nitrogens with zero attached hydrogens (tertiary/aromatic N) is 3. The molecule has 7 heteroatoms. The minimum absolute atomic E-state index is 0.0851. The summed E-state index contributed by atoms with van der Waals surface area (Å²) >= 11 is 0. The Morgan fingerprint density at radius 1 is 1.37 bits per heavy atom. The fourth-order valence-electron chi connectivity index (χ4n) is 1.94. The topological polar surface area (TPSA) is 79.0 Å². The van der Waals surface area contributed by atoms with Crippen LogP contribution in [0.25, 0.3) is 0 Å². The van der Waals surface area contributed by atoms with Crippen molar-refractivity contribution in [2.24, 2.45) is 0 Å². The Kier molecular flexibility index (Phi) is 3.08. The third-order valence-corrected chi connectivity index (χ3v) is 4.94. The van der Waals surface area contributed by atoms with E-state index in [9.17, 15) is 8.42 Å². The van der Waals surface area contributed by atoms with Gasteiger partial charge in [0.15, 0.2) is 0 Å². The van der Waals surface area contributed by atoms with Gasteiger partial charge in [-0.05, 0) is 25.0 Å². The van der Waals surface area contributed by atoms with Crippen molar-refractivity contribution in [2.45, 2.75) is 30.3 Å². The number of nitrogens with one attached hydrogen (secondary N) is 1. The van der Waals surface area contributed by atoms with E-state index in [2.05, 4.69) is 15.2 Å². The number of pyridine rings is 1. The molecule has 1 aliphatic carbocycles. The zero-order valence-corrected chi connectivity index (χ0v) is 11.0. The van der Waals surface area contributed by atoms with Gasteiger partial charge in [0.2, 0.25) is 10.0 Å². The van der Waals surface area contributed by atoms with Gasteiger partial charge in [-0.2, -0.15) is 9.40 Å². The Morgan fingerprint density at radius 2 is 2.21 bits per heavy atom. The predicted octanol–water partition coefficient (Wildman–Crippen LogP) is 1.16. The van der Waals surface area contributed by atoms with Crippen LogP contribution in [0.15, 0.2) is 41.7 Å². The first-order valence-electron chi connectivity index (χ1n) is 6.08. The van der Waals surface area contributed by atoms with E-state index < -0.39 is 10.0 Å². The molecule has 0 bridgehead atoms. The molecule has 0 radical (unpaired) electrons. The summed E-state index contributed by atoms with van der Waals surface area (Å²) in [6.07, 6.45) is 6.23. The smallest absolute Gasteiger partial charge is 0.246 e. The molecule has 6 nitrogen and oxygen atoms in total. The molecule has 3 rings (SSSR count). The molecule has 1 saturated carbocycles. The van der Waals surface area contributed by atoms with Crippen molar-refractivity contribution in [3.63, 3.8) is 0 Å². The Morgan fingerprint density at radius 3 is 2.79 bits per heavy atom. The van der Waals surface area contributed by atoms with Crippen LogP contribution in [0.2, 0.25) is 0 Å². The summed E-state index contributed by atoms with van der Waals surface area (Å²) in [5.41, 5.74) is 0.751. The number of aromatic amines is 1. The molecule has 0 unspecified atom stereocenters. The molecule has 100 valence electrons. The zero-order valence-electron chi connectivity index (χ0n) is 10.2. The van der Waals surface area contributed by atoms with Crippen molar-refractivity contribution in [2.75, 3.05) is 0 Å². The van der Waals surface area contributed by atoms with Crippen molar-refractivity contribution in [1.29, 1.82) is 0 Å². The molecule has 2 aromatic rings. The highest BCUT2D eigenvalue weighted by atomic mass is 32.2. The summed E-state index contributed by atoms with van der Waals surface area (Å²) in [4.78, 5) is 4.40. The molecule has 19 heavy (non-hydrogen) atoms. The number of aromatic nitrogens is 3. The van der Waals surface area contributed by atoms with Crippen LogP contribution < -0.4 is 0 Å². The lowest BCUT2D eigenvalue weighted by molar-refractivity contribution is 0.394. The average Bonchev–Trinajstić information content (AvgIpc) is 3.09. The Hall–Kier alpha value is -1.73. The molecule has 2 heterocycles. The predicted molar refractivity (Wildman–Crippen MR) is 68.6 cm³/mol. The summed E-state index contributed by atoms with van der Waals surface area (Å²) in [5, 5.41) is 6.25. The van der Waals surface area contributed by atoms with Gasteiger partial charge in [-0.1, -0.05) is 6.07 Å². The SMILES string of the molecule is O=S(=O)(c1cn[nH]c1)N(Cc1ccccn1)C1CC1. The van der Waals surface area contributed by atoms with Crippen molar-refractivity contribution in [3.8, 4) is 0 Å². The third-order valence-electron chi connectivity index (χ3n) is 3.08. The van der Waals surface area contributed by atoms with Gasteiger partial charge in [0.1, 0.15) is 4.90 Å². The molecule has 0 aliphatic heterocycles. The van der Waals surface area contributed by atoms with Gasteiger partial charge >= 0.3 is 0 Å². The van der Waals surface area contributed by atoms with Crippen LogP contribution in [0, 0.1) is 0 Å². The molecular formula is C12H14N4O2S. The van der Waals surface area contributed by atoms with E-state index in [1.165, 1.54) is 16.7 Å². The normalized spacial score (nSPS) is 15.8. The van der Waals surface area contributed by atoms with Crippen LogP contribution in [0.1, 0.15) is 18.5 Å². The third kappa shape index (κ3) is 2.52. The summed E-state index contributed by atoms with van der Waals surface area (Å²) in [6.45, 7) is 0.305. The molecule has 0 atom stereocenters. The molecule has 1 fully saturated rings. The van der Waals surface area contributed by atoms with E-state index >= 15 is 0 Å². The van der Waals surface area contributed by atoms with Gasteiger partial charge < -0.3 is 0 Å². The largest absolute Gasteiger partial charge is 0.284 e. The van der Waals surface area contributed by atoms with Crippen molar-refractivity contribution < 1.29 is 8.42 Å². The Labute approximate surface area is 111 Å². The molecule has 1 N–H and O–H groups in total. The van der Waals surface area contributed by atoms with Gasteiger partial charge in [0.05, 0.1) is 18.4 Å². The maximum atomic E-state index is 12.5. The summed E-state index contributed by atoms with van der Waals surface area (Å²) in [6, 6.07) is 5.59. The lowest BCUT2D eigenvalue weighted by Gasteiger charge is -2.20. The molecule has 0 saturated heterocycles. The second-order valence-electron chi connectivity index (χ2n) is 4.54. The summed E-state index contributed by atoms with van der Waals surface area (Å²) < 4.78 is 26.5. The first-order valence-corrected chi connectivity index (χ1v) is 7.52. The number of H-pyrrole nitrogens is 1. The highest BCUT2D eigenvalue weighted by Crippen LogP contribution is 2.32. The van der Waals surface area contributed by atoms with Crippen LogP contribution in [0.4, 0.5) is 0 Å². The van der Waals surface area contributed by atoms with Gasteiger partial charge in [0, 0.05) is 18.4 Å². The minimum atomic E-state index is -3.49. The van der Waals surface area contributed by atoms with Crippen LogP contribution >= 0.6 is 0 Å². The molecule has 2 aromatic heterocycles. The Balaban J connectivity index is 1.90. The van der Waals surface area contributed by atoms with Gasteiger partial charge in [-0.3, -0.25) is 10.1 Å². The van der Waals surface area contributed by atoms with E-state index in [4.69, 9.17) is 0 Å². The van der Waals surface area contributed by atoms with Crippen LogP contribution in [0.5, 0.6) is 0 Å². The average molecular weight is 278 g/mol. The monoisotopic (exact) mass is 278 g/mol. The zero-order chi connectivity index (χ0) is 13.3. The fraction of sp³-hybridized carbons (Fsp3) is 0.333. The van der Waals surface area contributed by atoms with Crippen molar-refractivity contribution >= 4 is 10.0 Å². The molecule has 0 spiro atoms. The number of hydrogen-bond donors (Lipinski definition) is 1. The first-order chi connectivity index (χ1) is 9.18. The van der Waals surface area contributed by atoms with E-state index in [1.54, 1.807) is 6.20 Å². The van der Waals surface area contributed by atoms with E-state index in [-0.39, 0.29) is 10.9 Å². The molecule has 0 amide bonds. The maximum absolute atomic E-state index is 12.5. The lowest BCUT2D eigenvalue weighted by atomic mass is 10.3. The van der Waals surface area contributed by atoms with E-state index in [0.29, 0.717) is 6.54 Å². The lowest BCUT2D eigenvalue weighted by Crippen LogP contribution is -2.32. The number of hydrogen-bond acceptors (Lipinski definition) is 4. The van der Waals surface area contributed by atoms with E-state index in [1.807, 2.05) is 18.2 Å². The minimum Gasteiger partial charge on any atom is -0.284 e. The standard InChI is InChI=1S/C12H14N4O2S/c17-19(18,12-7-14-15-8-12)16(11-4-5-11)9-10-3-1-2-6-13-10/h1-3,6-8,11H,4-5,9H2,(H,14,15). The number of rotatable bonds is 5. The second-order valence-corrected chi connectivity index (χ2v) is 6.43. The van der Waals surface area contributed by atoms with E-state index in [0.717, 1.165) is 18.5 Å². The number of sulfonamides is 1. The van der Waals surface area contributed by atoms with Gasteiger partial charge in [0.25, 0.3) is 0 Å². The molecule has 1 aliphatic rings. The van der Waals surface area contributed by atoms with Crippen molar-refractivity contribution in [3.05, 3.63) is 42.5 Å². The quantitative estimate of drug-likeness (QED) is 0.890. The summed E-state index contributed by atoms with van der Waals surface area (Å²) in [7, 11) is -3.49. The molecular weight excluding hydrogens is 264 g/mol. The summed E-state index contributed by atoms with van der Waals surface area (Å²) in [5.74, 6) is 0. The Bertz CT molecular complexity index is 636. The fourth-order valence-corrected chi connectivity index (χ4v) is 3.50. The van der Waals surface area contributed by atoms with Crippen LogP contribution in [-0.2, 0) is 16.6 Å². The first kappa shape index (κ1) is 12.3. The van der Waals surface area contributed by atoms with Crippen molar-refractivity contribution in [1.82, 2.24) is 19.5 Å².